The summed E-state index contributed by atoms with van der Waals surface area (Å²) in [5, 5.41) is 14.4. The van der Waals surface area contributed by atoms with Crippen LogP contribution in [0, 0.1) is 11.3 Å². The lowest BCUT2D eigenvalue weighted by atomic mass is 9.98. The number of carbonyl (C=O) groups excluding carboxylic acids is 2. The van der Waals surface area contributed by atoms with E-state index < -0.39 is 30.4 Å². The zero-order valence-corrected chi connectivity index (χ0v) is 17.7. The Morgan fingerprint density at radius 2 is 1.66 bits per heavy atom. The Bertz CT molecular complexity index is 1030. The summed E-state index contributed by atoms with van der Waals surface area (Å²) >= 11 is 0. The fraction of sp³-hybridized carbons (Fsp3) is 0.400. The summed E-state index contributed by atoms with van der Waals surface area (Å²) < 4.78 is 5.46. The van der Waals surface area contributed by atoms with Crippen LogP contribution in [0.1, 0.15) is 42.7 Å². The van der Waals surface area contributed by atoms with Crippen molar-refractivity contribution >= 4 is 18.0 Å². The van der Waals surface area contributed by atoms with Gasteiger partial charge in [0.15, 0.2) is 0 Å². The maximum Gasteiger partial charge on any atom is 0.407 e. The molecule has 2 saturated carbocycles. The number of carboxylic acids is 1. The first kappa shape index (κ1) is 20.5. The number of amides is 2. The first-order valence-corrected chi connectivity index (χ1v) is 11.1. The average Bonchev–Trinajstić information content (AvgIpc) is 3.69. The SMILES string of the molecule is O=C(O)CC(NC(=O)OCC1c2ccccc2-c2ccccc21)C(=O)NCC1CC12CC2. The van der Waals surface area contributed by atoms with Gasteiger partial charge in [-0.1, -0.05) is 48.5 Å². The van der Waals surface area contributed by atoms with Gasteiger partial charge in [-0.05, 0) is 52.8 Å². The first-order chi connectivity index (χ1) is 15.5. The third kappa shape index (κ3) is 3.95. The van der Waals surface area contributed by atoms with E-state index in [-0.39, 0.29) is 12.5 Å². The van der Waals surface area contributed by atoms with Crippen molar-refractivity contribution in [3.63, 3.8) is 0 Å². The van der Waals surface area contributed by atoms with Crippen LogP contribution < -0.4 is 10.6 Å². The predicted molar refractivity (Wildman–Crippen MR) is 117 cm³/mol. The van der Waals surface area contributed by atoms with Gasteiger partial charge in [-0.3, -0.25) is 9.59 Å². The molecule has 3 N–H and O–H groups in total. The van der Waals surface area contributed by atoms with E-state index in [2.05, 4.69) is 10.6 Å². The van der Waals surface area contributed by atoms with Gasteiger partial charge in [0, 0.05) is 12.5 Å². The molecule has 0 bridgehead atoms. The Morgan fingerprint density at radius 3 is 2.22 bits per heavy atom. The Labute approximate surface area is 186 Å². The van der Waals surface area contributed by atoms with Crippen LogP contribution >= 0.6 is 0 Å². The van der Waals surface area contributed by atoms with Crippen LogP contribution in [-0.2, 0) is 14.3 Å². The van der Waals surface area contributed by atoms with Crippen LogP contribution in [0.15, 0.2) is 48.5 Å². The van der Waals surface area contributed by atoms with E-state index in [0.717, 1.165) is 28.7 Å². The highest BCUT2D eigenvalue weighted by Gasteiger charge is 2.62. The number of rotatable bonds is 8. The molecule has 2 atom stereocenters. The largest absolute Gasteiger partial charge is 0.481 e. The molecule has 2 fully saturated rings. The molecule has 0 aromatic heterocycles. The summed E-state index contributed by atoms with van der Waals surface area (Å²) in [5.74, 6) is -1.27. The van der Waals surface area contributed by atoms with Crippen LogP contribution in [0.2, 0.25) is 0 Å². The number of alkyl carbamates (subject to hydrolysis) is 1. The molecule has 166 valence electrons. The van der Waals surface area contributed by atoms with Crippen molar-refractivity contribution in [1.29, 1.82) is 0 Å². The van der Waals surface area contributed by atoms with Crippen molar-refractivity contribution in [2.45, 2.75) is 37.6 Å². The minimum atomic E-state index is -1.17. The van der Waals surface area contributed by atoms with Crippen molar-refractivity contribution in [2.24, 2.45) is 11.3 Å². The molecule has 2 amide bonds. The van der Waals surface area contributed by atoms with Gasteiger partial charge in [-0.2, -0.15) is 0 Å². The Morgan fingerprint density at radius 1 is 1.03 bits per heavy atom. The van der Waals surface area contributed by atoms with Crippen molar-refractivity contribution < 1.29 is 24.2 Å². The number of hydrogen-bond donors (Lipinski definition) is 3. The van der Waals surface area contributed by atoms with Gasteiger partial charge in [0.05, 0.1) is 6.42 Å². The highest BCUT2D eigenvalue weighted by Crippen LogP contribution is 2.70. The highest BCUT2D eigenvalue weighted by molar-refractivity contribution is 5.89. The number of ether oxygens (including phenoxy) is 1. The number of benzene rings is 2. The highest BCUT2D eigenvalue weighted by atomic mass is 16.5. The Balaban J connectivity index is 1.20. The molecule has 2 unspecified atom stereocenters. The number of fused-ring (bicyclic) bond motifs is 3. The lowest BCUT2D eigenvalue weighted by Crippen LogP contribution is -2.48. The molecule has 32 heavy (non-hydrogen) atoms. The monoisotopic (exact) mass is 434 g/mol. The normalized spacial score (nSPS) is 20.1. The average molecular weight is 434 g/mol. The molecule has 0 saturated heterocycles. The van der Waals surface area contributed by atoms with Crippen molar-refractivity contribution in [3.05, 3.63) is 59.7 Å². The van der Waals surface area contributed by atoms with Crippen molar-refractivity contribution in [2.75, 3.05) is 13.2 Å². The standard InChI is InChI=1S/C25H26N2O5/c28-22(29)11-21(23(30)26-13-15-12-25(15)9-10-25)27-24(31)32-14-20-18-7-3-1-5-16(18)17-6-2-4-8-19(17)20/h1-8,15,20-21H,9-14H2,(H,26,30)(H,27,31)(H,28,29). The van der Waals surface area contributed by atoms with Crippen molar-refractivity contribution in [1.82, 2.24) is 10.6 Å². The molecule has 0 heterocycles. The zero-order chi connectivity index (χ0) is 22.3. The van der Waals surface area contributed by atoms with Gasteiger partial charge in [-0.15, -0.1) is 0 Å². The lowest BCUT2D eigenvalue weighted by molar-refractivity contribution is -0.139. The summed E-state index contributed by atoms with van der Waals surface area (Å²) in [6, 6.07) is 14.8. The quantitative estimate of drug-likeness (QED) is 0.591. The molecule has 7 nitrogen and oxygen atoms in total. The number of nitrogens with one attached hydrogen (secondary N) is 2. The Hall–Kier alpha value is -3.35. The second-order valence-electron chi connectivity index (χ2n) is 9.13. The summed E-state index contributed by atoms with van der Waals surface area (Å²) in [5.41, 5.74) is 4.84. The predicted octanol–water partition coefficient (Wildman–Crippen LogP) is 3.28. The van der Waals surface area contributed by atoms with Crippen LogP contribution in [0.3, 0.4) is 0 Å². The molecule has 7 heteroatoms. The van der Waals surface area contributed by atoms with Gasteiger partial charge in [0.1, 0.15) is 12.6 Å². The molecule has 2 aromatic carbocycles. The van der Waals surface area contributed by atoms with Crippen LogP contribution in [0.25, 0.3) is 11.1 Å². The van der Waals surface area contributed by atoms with Gasteiger partial charge in [-0.25, -0.2) is 4.79 Å². The summed E-state index contributed by atoms with van der Waals surface area (Å²) in [4.78, 5) is 36.2. The first-order valence-electron chi connectivity index (χ1n) is 11.1. The van der Waals surface area contributed by atoms with E-state index in [4.69, 9.17) is 4.74 Å². The topological polar surface area (TPSA) is 105 Å². The van der Waals surface area contributed by atoms with Crippen molar-refractivity contribution in [3.8, 4) is 11.1 Å². The fourth-order valence-corrected chi connectivity index (χ4v) is 5.01. The summed E-state index contributed by atoms with van der Waals surface area (Å²) in [6.07, 6.45) is 2.26. The van der Waals surface area contributed by atoms with Crippen LogP contribution in [0.5, 0.6) is 0 Å². The lowest BCUT2D eigenvalue weighted by Gasteiger charge is -2.18. The van der Waals surface area contributed by atoms with Gasteiger partial charge >= 0.3 is 12.1 Å². The van der Waals surface area contributed by atoms with E-state index in [1.54, 1.807) is 0 Å². The molecule has 5 rings (SSSR count). The molecule has 3 aliphatic rings. The fourth-order valence-electron chi connectivity index (χ4n) is 5.01. The maximum atomic E-state index is 12.5. The molecule has 3 aliphatic carbocycles. The van der Waals surface area contributed by atoms with Gasteiger partial charge in [0.25, 0.3) is 0 Å². The third-order valence-electron chi connectivity index (χ3n) is 7.10. The van der Waals surface area contributed by atoms with Gasteiger partial charge in [0.2, 0.25) is 5.91 Å². The summed E-state index contributed by atoms with van der Waals surface area (Å²) in [6.45, 7) is 0.632. The molecule has 1 spiro atoms. The van der Waals surface area contributed by atoms with E-state index in [0.29, 0.717) is 17.9 Å². The minimum absolute atomic E-state index is 0.103. The smallest absolute Gasteiger partial charge is 0.407 e. The molecular formula is C25H26N2O5. The molecule has 0 radical (unpaired) electrons. The number of aliphatic carboxylic acids is 1. The molecule has 2 aromatic rings. The zero-order valence-electron chi connectivity index (χ0n) is 17.7. The Kier molecular flexibility index (Phi) is 5.12. The molecule has 0 aliphatic heterocycles. The summed E-state index contributed by atoms with van der Waals surface area (Å²) in [7, 11) is 0. The number of hydrogen-bond acceptors (Lipinski definition) is 4. The second kappa shape index (κ2) is 7.97. The van der Waals surface area contributed by atoms with Crippen LogP contribution in [0.4, 0.5) is 4.79 Å². The van der Waals surface area contributed by atoms with Gasteiger partial charge < -0.3 is 20.5 Å². The molecular weight excluding hydrogens is 408 g/mol. The second-order valence-corrected chi connectivity index (χ2v) is 9.13. The van der Waals surface area contributed by atoms with E-state index >= 15 is 0 Å². The van der Waals surface area contributed by atoms with E-state index in [1.165, 1.54) is 12.8 Å². The maximum absolute atomic E-state index is 12.5. The van der Waals surface area contributed by atoms with E-state index in [9.17, 15) is 19.5 Å². The van der Waals surface area contributed by atoms with Crippen LogP contribution in [-0.4, -0.2) is 42.3 Å². The minimum Gasteiger partial charge on any atom is -0.481 e. The van der Waals surface area contributed by atoms with E-state index in [1.807, 2.05) is 48.5 Å². The number of carboxylic acid groups (broad SMARTS) is 1. The third-order valence-corrected chi connectivity index (χ3v) is 7.10. The number of carbonyl (C=O) groups is 3.